The molecule has 0 bridgehead atoms. The van der Waals surface area contributed by atoms with Crippen LogP contribution in [0.3, 0.4) is 0 Å². The maximum atomic E-state index is 13.4. The fourth-order valence-electron chi connectivity index (χ4n) is 2.59. The molecule has 27 heavy (non-hydrogen) atoms. The van der Waals surface area contributed by atoms with Gasteiger partial charge >= 0.3 is 12.1 Å². The van der Waals surface area contributed by atoms with E-state index in [4.69, 9.17) is 9.15 Å². The molecule has 2 N–H and O–H groups in total. The van der Waals surface area contributed by atoms with E-state index in [1.165, 1.54) is 36.6 Å². The van der Waals surface area contributed by atoms with Gasteiger partial charge in [-0.3, -0.25) is 0 Å². The number of rotatable bonds is 5. The van der Waals surface area contributed by atoms with Gasteiger partial charge in [0.05, 0.1) is 12.8 Å². The predicted octanol–water partition coefficient (Wildman–Crippen LogP) is 2.52. The van der Waals surface area contributed by atoms with Gasteiger partial charge in [-0.25, -0.2) is 17.9 Å². The predicted molar refractivity (Wildman–Crippen MR) is 85.9 cm³/mol. The molecule has 1 aromatic heterocycles. The second kappa shape index (κ2) is 6.74. The van der Waals surface area contributed by atoms with Gasteiger partial charge < -0.3 is 14.3 Å². The van der Waals surface area contributed by atoms with E-state index in [-0.39, 0.29) is 23.6 Å². The maximum absolute atomic E-state index is 13.4. The molecule has 1 aliphatic rings. The maximum Gasteiger partial charge on any atom is 0.430 e. The lowest BCUT2D eigenvalue weighted by atomic mass is 10.0. The average molecular weight is 403 g/mol. The van der Waals surface area contributed by atoms with Crippen molar-refractivity contribution in [3.8, 4) is 5.75 Å². The van der Waals surface area contributed by atoms with Crippen molar-refractivity contribution in [2.24, 2.45) is 0 Å². The zero-order valence-corrected chi connectivity index (χ0v) is 14.2. The first-order chi connectivity index (χ1) is 12.6. The van der Waals surface area contributed by atoms with Gasteiger partial charge in [0.2, 0.25) is 16.1 Å². The third-order valence-corrected chi connectivity index (χ3v) is 5.20. The zero-order chi connectivity index (χ0) is 19.8. The molecule has 2 heterocycles. The van der Waals surface area contributed by atoms with Crippen LogP contribution in [-0.2, 0) is 21.4 Å². The number of alkyl halides is 3. The van der Waals surface area contributed by atoms with Crippen LogP contribution in [-0.4, -0.2) is 31.8 Å². The minimum Gasteiger partial charge on any atom is -0.478 e. The van der Waals surface area contributed by atoms with Gasteiger partial charge in [0.1, 0.15) is 22.0 Å². The molecule has 0 aliphatic carbocycles. The number of halogens is 3. The van der Waals surface area contributed by atoms with Crippen molar-refractivity contribution in [3.05, 3.63) is 59.6 Å². The number of benzene rings is 1. The van der Waals surface area contributed by atoms with Crippen LogP contribution >= 0.6 is 0 Å². The molecule has 3 rings (SSSR count). The minimum atomic E-state index is -5.14. The lowest BCUT2D eigenvalue weighted by Crippen LogP contribution is -2.43. The summed E-state index contributed by atoms with van der Waals surface area (Å²) in [6.07, 6.45) is -6.78. The number of hydrogen-bond acceptors (Lipinski definition) is 5. The number of carboxylic acids is 1. The smallest absolute Gasteiger partial charge is 0.430 e. The van der Waals surface area contributed by atoms with Crippen molar-refractivity contribution >= 4 is 20.9 Å². The van der Waals surface area contributed by atoms with Gasteiger partial charge in [0.15, 0.2) is 0 Å². The Hall–Kier alpha value is -2.79. The van der Waals surface area contributed by atoms with Gasteiger partial charge in [-0.15, -0.1) is 0 Å². The van der Waals surface area contributed by atoms with Crippen LogP contribution in [0.25, 0.3) is 4.91 Å². The Morgan fingerprint density at radius 2 is 1.89 bits per heavy atom. The van der Waals surface area contributed by atoms with Gasteiger partial charge in [0, 0.05) is 5.56 Å². The largest absolute Gasteiger partial charge is 0.478 e. The molecule has 0 saturated heterocycles. The van der Waals surface area contributed by atoms with Crippen molar-refractivity contribution in [2.45, 2.75) is 18.8 Å². The molecule has 1 aliphatic heterocycles. The Labute approximate surface area is 151 Å². The van der Waals surface area contributed by atoms with E-state index in [0.717, 1.165) is 6.07 Å². The van der Waals surface area contributed by atoms with Crippen LogP contribution in [0.15, 0.2) is 52.7 Å². The normalized spacial score (nSPS) is 17.4. The third kappa shape index (κ3) is 3.69. The highest BCUT2D eigenvalue weighted by molar-refractivity contribution is 7.98. The Kier molecular flexibility index (Phi) is 4.74. The Morgan fingerprint density at radius 3 is 2.48 bits per heavy atom. The Bertz CT molecular complexity index is 995. The quantitative estimate of drug-likeness (QED) is 0.795. The summed E-state index contributed by atoms with van der Waals surface area (Å²) in [5.41, 5.74) is -1.68. The van der Waals surface area contributed by atoms with E-state index in [0.29, 0.717) is 0 Å². The number of furan rings is 1. The molecule has 11 heteroatoms. The number of para-hydroxylation sites is 1. The highest BCUT2D eigenvalue weighted by atomic mass is 32.2. The summed E-state index contributed by atoms with van der Waals surface area (Å²) in [6.45, 7) is -0.370. The highest BCUT2D eigenvalue weighted by Gasteiger charge is 2.52. The van der Waals surface area contributed by atoms with E-state index in [9.17, 15) is 31.5 Å². The summed E-state index contributed by atoms with van der Waals surface area (Å²) in [5, 5.41) is 9.33. The Morgan fingerprint density at radius 1 is 1.19 bits per heavy atom. The summed E-state index contributed by atoms with van der Waals surface area (Å²) < 4.78 is 77.4. The molecule has 2 aromatic rings. The van der Waals surface area contributed by atoms with Crippen molar-refractivity contribution in [3.63, 3.8) is 0 Å². The fraction of sp³-hybridized carbons (Fsp3) is 0.188. The molecule has 0 saturated carbocycles. The topological polar surface area (TPSA) is 106 Å². The summed E-state index contributed by atoms with van der Waals surface area (Å²) in [5.74, 6) is -2.24. The number of aliphatic carboxylic acids is 1. The third-order valence-electron chi connectivity index (χ3n) is 3.70. The van der Waals surface area contributed by atoms with Crippen LogP contribution in [0.1, 0.15) is 11.3 Å². The van der Waals surface area contributed by atoms with Crippen LogP contribution in [0.4, 0.5) is 13.2 Å². The number of nitrogens with one attached hydrogen (secondary N) is 1. The van der Waals surface area contributed by atoms with Gasteiger partial charge in [-0.05, 0) is 24.3 Å². The number of sulfonamides is 1. The first kappa shape index (κ1) is 19.0. The molecule has 0 fully saturated rings. The summed E-state index contributed by atoms with van der Waals surface area (Å²) in [6, 6.07) is 7.96. The lowest BCUT2D eigenvalue weighted by Gasteiger charge is -2.30. The standard InChI is InChI=1S/C16H12F3NO6S/c17-16(18,19)14-12(15(21)22)13(10-5-1-2-6-11(10)26-14)27(23,24)20-8-9-4-3-7-25-9/h1-7,14,20H,8H2,(H,21,22). The zero-order valence-electron chi connectivity index (χ0n) is 13.4. The number of carbonyl (C=O) groups is 1. The second-order valence-corrected chi connectivity index (χ2v) is 7.19. The first-order valence-corrected chi connectivity index (χ1v) is 8.92. The van der Waals surface area contributed by atoms with Gasteiger partial charge in [-0.2, -0.15) is 13.2 Å². The molecular weight excluding hydrogens is 391 g/mol. The van der Waals surface area contributed by atoms with E-state index in [1.54, 1.807) is 0 Å². The molecule has 144 valence electrons. The Balaban J connectivity index is 2.17. The summed E-state index contributed by atoms with van der Waals surface area (Å²) in [4.78, 5) is 10.6. The molecular formula is C16H12F3NO6S. The average Bonchev–Trinajstić information content (AvgIpc) is 3.11. The number of fused-ring (bicyclic) bond motifs is 1. The van der Waals surface area contributed by atoms with Gasteiger partial charge in [0.25, 0.3) is 0 Å². The summed E-state index contributed by atoms with van der Waals surface area (Å²) >= 11 is 0. The molecule has 1 unspecified atom stereocenters. The van der Waals surface area contributed by atoms with Crippen molar-refractivity contribution in [1.29, 1.82) is 0 Å². The number of ether oxygens (including phenoxy) is 1. The molecule has 1 atom stereocenters. The monoisotopic (exact) mass is 403 g/mol. The first-order valence-electron chi connectivity index (χ1n) is 7.43. The number of hydrogen-bond donors (Lipinski definition) is 2. The lowest BCUT2D eigenvalue weighted by molar-refractivity contribution is -0.187. The van der Waals surface area contributed by atoms with E-state index >= 15 is 0 Å². The highest BCUT2D eigenvalue weighted by Crippen LogP contribution is 2.43. The molecule has 1 aromatic carbocycles. The molecule has 0 spiro atoms. The molecule has 7 nitrogen and oxygen atoms in total. The van der Waals surface area contributed by atoms with Crippen molar-refractivity contribution in [2.75, 3.05) is 0 Å². The van der Waals surface area contributed by atoms with Gasteiger partial charge in [-0.1, -0.05) is 12.1 Å². The van der Waals surface area contributed by atoms with E-state index in [2.05, 4.69) is 4.72 Å². The minimum absolute atomic E-state index is 0.198. The number of carboxylic acid groups (broad SMARTS) is 1. The van der Waals surface area contributed by atoms with Crippen LogP contribution < -0.4 is 9.46 Å². The van der Waals surface area contributed by atoms with E-state index in [1.807, 2.05) is 0 Å². The summed E-state index contributed by atoms with van der Waals surface area (Å²) in [7, 11) is -4.65. The van der Waals surface area contributed by atoms with Crippen molar-refractivity contribution in [1.82, 2.24) is 4.72 Å². The molecule has 0 amide bonds. The van der Waals surface area contributed by atoms with Crippen LogP contribution in [0, 0.1) is 0 Å². The van der Waals surface area contributed by atoms with Crippen molar-refractivity contribution < 1.29 is 40.6 Å². The fourth-order valence-corrected chi connectivity index (χ4v) is 4.01. The second-order valence-electron chi connectivity index (χ2n) is 5.49. The molecule has 0 radical (unpaired) electrons. The van der Waals surface area contributed by atoms with Crippen LogP contribution in [0.2, 0.25) is 0 Å². The SMILES string of the molecule is O=C(O)C1=C(S(=O)(=O)NCc2ccco2)c2ccccc2OC1C(F)(F)F. The van der Waals surface area contributed by atoms with Crippen LogP contribution in [0.5, 0.6) is 5.75 Å². The van der Waals surface area contributed by atoms with E-state index < -0.39 is 38.8 Å².